The molecule has 1 fully saturated rings. The Morgan fingerprint density at radius 1 is 1.03 bits per heavy atom. The number of benzene rings is 2. The summed E-state index contributed by atoms with van der Waals surface area (Å²) in [5.41, 5.74) is 1.40. The normalized spacial score (nSPS) is 14.4. The zero-order valence-electron chi connectivity index (χ0n) is 16.9. The Balaban J connectivity index is 1.60. The molecule has 0 radical (unpaired) electrons. The van der Waals surface area contributed by atoms with Gasteiger partial charge < -0.3 is 19.7 Å². The summed E-state index contributed by atoms with van der Waals surface area (Å²) in [6, 6.07) is 12.9. The van der Waals surface area contributed by atoms with E-state index in [2.05, 4.69) is 5.32 Å². The van der Waals surface area contributed by atoms with Crippen LogP contribution in [-0.4, -0.2) is 50.3 Å². The fraction of sp³-hybridized carbons (Fsp3) is 0.364. The molecule has 0 unspecified atom stereocenters. The number of anilines is 1. The van der Waals surface area contributed by atoms with Gasteiger partial charge in [0.25, 0.3) is 5.91 Å². The lowest BCUT2D eigenvalue weighted by Crippen LogP contribution is -2.41. The molecule has 7 heteroatoms. The van der Waals surface area contributed by atoms with Gasteiger partial charge in [0.2, 0.25) is 5.91 Å². The summed E-state index contributed by atoms with van der Waals surface area (Å²) in [5.74, 6) is 0.978. The number of nitrogens with zero attached hydrogens (tertiary/aromatic N) is 1. The SMILES string of the molecule is COc1ccc(C(=O)N2CCC(C(=O)Nc3ccccc3SC)CC2)cc1OC. The predicted octanol–water partition coefficient (Wildman–Crippen LogP) is 3.92. The molecule has 0 saturated carbocycles. The molecule has 6 nitrogen and oxygen atoms in total. The molecule has 1 N–H and O–H groups in total. The fourth-order valence-electron chi connectivity index (χ4n) is 3.48. The third-order valence-corrected chi connectivity index (χ3v) is 5.94. The number of piperidine rings is 1. The summed E-state index contributed by atoms with van der Waals surface area (Å²) in [4.78, 5) is 28.4. The van der Waals surface area contributed by atoms with Gasteiger partial charge in [0.1, 0.15) is 0 Å². The van der Waals surface area contributed by atoms with E-state index in [1.165, 1.54) is 0 Å². The van der Waals surface area contributed by atoms with Crippen molar-refractivity contribution in [1.82, 2.24) is 4.90 Å². The van der Waals surface area contributed by atoms with Crippen molar-refractivity contribution in [2.75, 3.05) is 38.9 Å². The van der Waals surface area contributed by atoms with Crippen LogP contribution in [0, 0.1) is 5.92 Å². The summed E-state index contributed by atoms with van der Waals surface area (Å²) >= 11 is 1.60. The summed E-state index contributed by atoms with van der Waals surface area (Å²) in [5, 5.41) is 3.04. The molecular weight excluding hydrogens is 388 g/mol. The first-order valence-corrected chi connectivity index (χ1v) is 10.7. The second kappa shape index (κ2) is 9.69. The predicted molar refractivity (Wildman–Crippen MR) is 115 cm³/mol. The number of amides is 2. The van der Waals surface area contributed by atoms with Crippen molar-refractivity contribution in [1.29, 1.82) is 0 Å². The lowest BCUT2D eigenvalue weighted by Gasteiger charge is -2.31. The topological polar surface area (TPSA) is 67.9 Å². The number of hydrogen-bond donors (Lipinski definition) is 1. The molecule has 0 aromatic heterocycles. The van der Waals surface area contributed by atoms with E-state index in [4.69, 9.17) is 9.47 Å². The number of carbonyl (C=O) groups is 2. The van der Waals surface area contributed by atoms with Crippen molar-refractivity contribution >= 4 is 29.3 Å². The van der Waals surface area contributed by atoms with Crippen molar-refractivity contribution in [2.24, 2.45) is 5.92 Å². The van der Waals surface area contributed by atoms with E-state index in [-0.39, 0.29) is 17.7 Å². The molecule has 2 aromatic rings. The second-order valence-electron chi connectivity index (χ2n) is 6.83. The van der Waals surface area contributed by atoms with E-state index in [9.17, 15) is 9.59 Å². The van der Waals surface area contributed by atoms with E-state index in [0.717, 1.165) is 10.6 Å². The van der Waals surface area contributed by atoms with E-state index >= 15 is 0 Å². The highest BCUT2D eigenvalue weighted by Crippen LogP contribution is 2.30. The molecule has 29 heavy (non-hydrogen) atoms. The molecular formula is C22H26N2O4S. The summed E-state index contributed by atoms with van der Waals surface area (Å²) in [6.07, 6.45) is 3.28. The van der Waals surface area contributed by atoms with Crippen LogP contribution in [0.25, 0.3) is 0 Å². The Kier molecular flexibility index (Phi) is 7.04. The van der Waals surface area contributed by atoms with Gasteiger partial charge in [-0.2, -0.15) is 0 Å². The molecule has 154 valence electrons. The standard InChI is InChI=1S/C22H26N2O4S/c1-27-18-9-8-16(14-19(18)28-2)22(26)24-12-10-15(11-13-24)21(25)23-17-6-4-5-7-20(17)29-3/h4-9,14-15H,10-13H2,1-3H3,(H,23,25). The highest BCUT2D eigenvalue weighted by Gasteiger charge is 2.28. The van der Waals surface area contributed by atoms with Crippen LogP contribution < -0.4 is 14.8 Å². The Hall–Kier alpha value is -2.67. The first-order chi connectivity index (χ1) is 14.1. The minimum atomic E-state index is -0.0978. The Bertz CT molecular complexity index is 879. The van der Waals surface area contributed by atoms with Crippen LogP contribution in [0.3, 0.4) is 0 Å². The van der Waals surface area contributed by atoms with E-state index in [1.807, 2.05) is 30.5 Å². The maximum atomic E-state index is 12.8. The number of rotatable bonds is 6. The van der Waals surface area contributed by atoms with Gasteiger partial charge in [-0.25, -0.2) is 0 Å². The number of likely N-dealkylation sites (tertiary alicyclic amines) is 1. The molecule has 3 rings (SSSR count). The average Bonchev–Trinajstić information content (AvgIpc) is 2.78. The van der Waals surface area contributed by atoms with Gasteiger partial charge in [-0.3, -0.25) is 9.59 Å². The Labute approximate surface area is 175 Å². The monoisotopic (exact) mass is 414 g/mol. The second-order valence-corrected chi connectivity index (χ2v) is 7.67. The number of carbonyl (C=O) groups excluding carboxylic acids is 2. The van der Waals surface area contributed by atoms with Gasteiger partial charge in [-0.1, -0.05) is 12.1 Å². The molecule has 1 saturated heterocycles. The zero-order valence-corrected chi connectivity index (χ0v) is 17.8. The smallest absolute Gasteiger partial charge is 0.253 e. The van der Waals surface area contributed by atoms with Crippen LogP contribution in [0.1, 0.15) is 23.2 Å². The number of nitrogens with one attached hydrogen (secondary N) is 1. The molecule has 1 aliphatic rings. The quantitative estimate of drug-likeness (QED) is 0.726. The van der Waals surface area contributed by atoms with Gasteiger partial charge in [0.15, 0.2) is 11.5 Å². The van der Waals surface area contributed by atoms with Crippen LogP contribution in [0.2, 0.25) is 0 Å². The highest BCUT2D eigenvalue weighted by molar-refractivity contribution is 7.98. The average molecular weight is 415 g/mol. The van der Waals surface area contributed by atoms with E-state index in [0.29, 0.717) is 43.0 Å². The van der Waals surface area contributed by atoms with Crippen LogP contribution in [0.15, 0.2) is 47.4 Å². The molecule has 1 heterocycles. The maximum absolute atomic E-state index is 12.8. The van der Waals surface area contributed by atoms with Crippen molar-refractivity contribution in [3.05, 3.63) is 48.0 Å². The van der Waals surface area contributed by atoms with Gasteiger partial charge in [0.05, 0.1) is 19.9 Å². The largest absolute Gasteiger partial charge is 0.493 e. The van der Waals surface area contributed by atoms with Crippen LogP contribution in [0.5, 0.6) is 11.5 Å². The first kappa shape index (κ1) is 21.0. The van der Waals surface area contributed by atoms with Crippen LogP contribution >= 0.6 is 11.8 Å². The van der Waals surface area contributed by atoms with Crippen LogP contribution in [-0.2, 0) is 4.79 Å². The van der Waals surface area contributed by atoms with Gasteiger partial charge in [-0.05, 0) is 49.4 Å². The summed E-state index contributed by atoms with van der Waals surface area (Å²) < 4.78 is 10.5. The Morgan fingerprint density at radius 2 is 1.72 bits per heavy atom. The minimum absolute atomic E-state index is 0.0183. The van der Waals surface area contributed by atoms with E-state index < -0.39 is 0 Å². The van der Waals surface area contributed by atoms with Crippen molar-refractivity contribution in [3.63, 3.8) is 0 Å². The molecule has 1 aliphatic heterocycles. The zero-order chi connectivity index (χ0) is 20.8. The molecule has 2 aromatic carbocycles. The van der Waals surface area contributed by atoms with Gasteiger partial charge in [0, 0.05) is 29.5 Å². The maximum Gasteiger partial charge on any atom is 0.253 e. The highest BCUT2D eigenvalue weighted by atomic mass is 32.2. The lowest BCUT2D eigenvalue weighted by atomic mass is 9.95. The third kappa shape index (κ3) is 4.85. The molecule has 0 aliphatic carbocycles. The van der Waals surface area contributed by atoms with Crippen molar-refractivity contribution in [2.45, 2.75) is 17.7 Å². The number of thioether (sulfide) groups is 1. The summed E-state index contributed by atoms with van der Waals surface area (Å²) in [6.45, 7) is 1.10. The third-order valence-electron chi connectivity index (χ3n) is 5.15. The molecule has 0 spiro atoms. The van der Waals surface area contributed by atoms with Crippen molar-refractivity contribution < 1.29 is 19.1 Å². The fourth-order valence-corrected chi connectivity index (χ4v) is 4.03. The molecule has 0 atom stereocenters. The number of ether oxygens (including phenoxy) is 2. The minimum Gasteiger partial charge on any atom is -0.493 e. The lowest BCUT2D eigenvalue weighted by molar-refractivity contribution is -0.121. The van der Waals surface area contributed by atoms with E-state index in [1.54, 1.807) is 49.1 Å². The molecule has 2 amide bonds. The van der Waals surface area contributed by atoms with Crippen LogP contribution in [0.4, 0.5) is 5.69 Å². The Morgan fingerprint density at radius 3 is 2.38 bits per heavy atom. The van der Waals surface area contributed by atoms with Gasteiger partial charge >= 0.3 is 0 Å². The summed E-state index contributed by atoms with van der Waals surface area (Å²) in [7, 11) is 3.11. The molecule has 0 bridgehead atoms. The number of para-hydroxylation sites is 1. The number of hydrogen-bond acceptors (Lipinski definition) is 5. The number of methoxy groups -OCH3 is 2. The van der Waals surface area contributed by atoms with Crippen molar-refractivity contribution in [3.8, 4) is 11.5 Å². The van der Waals surface area contributed by atoms with Gasteiger partial charge in [-0.15, -0.1) is 11.8 Å². The first-order valence-electron chi connectivity index (χ1n) is 9.52.